The lowest BCUT2D eigenvalue weighted by molar-refractivity contribution is 1.06. The highest BCUT2D eigenvalue weighted by molar-refractivity contribution is 6.11. The summed E-state index contributed by atoms with van der Waals surface area (Å²) in [6.45, 7) is 0.481. The van der Waals surface area contributed by atoms with Gasteiger partial charge in [-0.3, -0.25) is 4.99 Å². The molecule has 2 N–H and O–H groups in total. The lowest BCUT2D eigenvalue weighted by Crippen LogP contribution is -2.16. The summed E-state index contributed by atoms with van der Waals surface area (Å²) in [5.41, 5.74) is 18.8. The van der Waals surface area contributed by atoms with E-state index in [4.69, 9.17) is 15.7 Å². The molecule has 0 aliphatic rings. The van der Waals surface area contributed by atoms with Crippen LogP contribution in [0.25, 0.3) is 44.5 Å². The Bertz CT molecular complexity index is 2150. The molecular formula is C45H35N3. The van der Waals surface area contributed by atoms with E-state index < -0.39 is 0 Å². The monoisotopic (exact) mass is 617 g/mol. The lowest BCUT2D eigenvalue weighted by Gasteiger charge is -2.14. The van der Waals surface area contributed by atoms with E-state index in [9.17, 15) is 0 Å². The molecule has 3 heteroatoms. The Morgan fingerprint density at radius 2 is 0.854 bits per heavy atom. The third kappa shape index (κ3) is 7.06. The van der Waals surface area contributed by atoms with Gasteiger partial charge in [-0.15, -0.1) is 0 Å². The number of nitrogens with two attached hydrogens (primary N) is 1. The first-order chi connectivity index (χ1) is 23.7. The number of amidine groups is 2. The van der Waals surface area contributed by atoms with Gasteiger partial charge in [-0.05, 0) is 56.1 Å². The van der Waals surface area contributed by atoms with Gasteiger partial charge in [0.2, 0.25) is 0 Å². The SMILES string of the molecule is NC(=NC(=NCc1ccc(-c2ccccc2)cc1)c1ccc(-c2cc(-c3ccccc3)ccc2-c2ccccc2)cc1)c1ccccc1. The minimum atomic E-state index is 0.430. The molecule has 0 bridgehead atoms. The second-order valence-electron chi connectivity index (χ2n) is 11.6. The van der Waals surface area contributed by atoms with Gasteiger partial charge in [-0.2, -0.15) is 0 Å². The van der Waals surface area contributed by atoms with E-state index >= 15 is 0 Å². The van der Waals surface area contributed by atoms with Crippen LogP contribution >= 0.6 is 0 Å². The van der Waals surface area contributed by atoms with E-state index in [1.807, 2.05) is 42.5 Å². The highest BCUT2D eigenvalue weighted by Gasteiger charge is 2.12. The van der Waals surface area contributed by atoms with Gasteiger partial charge in [0, 0.05) is 11.1 Å². The number of benzene rings is 7. The van der Waals surface area contributed by atoms with Gasteiger partial charge >= 0.3 is 0 Å². The molecule has 48 heavy (non-hydrogen) atoms. The van der Waals surface area contributed by atoms with Crippen molar-refractivity contribution in [1.82, 2.24) is 0 Å². The molecule has 0 aliphatic carbocycles. The van der Waals surface area contributed by atoms with Crippen molar-refractivity contribution in [1.29, 1.82) is 0 Å². The molecule has 3 nitrogen and oxygen atoms in total. The molecule has 0 atom stereocenters. The van der Waals surface area contributed by atoms with Crippen molar-refractivity contribution in [2.45, 2.75) is 6.54 Å². The minimum absolute atomic E-state index is 0.430. The lowest BCUT2D eigenvalue weighted by atomic mass is 9.90. The summed E-state index contributed by atoms with van der Waals surface area (Å²) in [4.78, 5) is 9.87. The predicted molar refractivity (Wildman–Crippen MR) is 202 cm³/mol. The summed E-state index contributed by atoms with van der Waals surface area (Å²) in [5, 5.41) is 0. The Morgan fingerprint density at radius 1 is 0.396 bits per heavy atom. The van der Waals surface area contributed by atoms with Crippen molar-refractivity contribution in [2.75, 3.05) is 0 Å². The molecule has 0 fully saturated rings. The first-order valence-corrected chi connectivity index (χ1v) is 16.2. The molecule has 7 aromatic rings. The van der Waals surface area contributed by atoms with Crippen LogP contribution in [-0.2, 0) is 6.54 Å². The first-order valence-electron chi connectivity index (χ1n) is 16.2. The van der Waals surface area contributed by atoms with Crippen molar-refractivity contribution >= 4 is 11.7 Å². The van der Waals surface area contributed by atoms with Gasteiger partial charge < -0.3 is 5.73 Å². The molecule has 0 unspecified atom stereocenters. The number of rotatable bonds is 8. The Morgan fingerprint density at radius 3 is 1.46 bits per heavy atom. The Labute approximate surface area is 282 Å². The topological polar surface area (TPSA) is 50.7 Å². The summed E-state index contributed by atoms with van der Waals surface area (Å²) in [6, 6.07) is 65.0. The Hall–Kier alpha value is -6.32. The summed E-state index contributed by atoms with van der Waals surface area (Å²) in [6.07, 6.45) is 0. The fourth-order valence-corrected chi connectivity index (χ4v) is 5.84. The molecule has 0 radical (unpaired) electrons. The second-order valence-corrected chi connectivity index (χ2v) is 11.6. The van der Waals surface area contributed by atoms with Crippen LogP contribution in [0.15, 0.2) is 198 Å². The van der Waals surface area contributed by atoms with Crippen LogP contribution in [0, 0.1) is 0 Å². The zero-order valence-corrected chi connectivity index (χ0v) is 26.6. The molecule has 0 spiro atoms. The van der Waals surface area contributed by atoms with E-state index in [0.29, 0.717) is 18.2 Å². The van der Waals surface area contributed by atoms with E-state index in [-0.39, 0.29) is 0 Å². The van der Waals surface area contributed by atoms with E-state index in [1.165, 1.54) is 38.9 Å². The van der Waals surface area contributed by atoms with Gasteiger partial charge in [0.05, 0.1) is 6.54 Å². The molecule has 0 amide bonds. The summed E-state index contributed by atoms with van der Waals surface area (Å²) >= 11 is 0. The average molecular weight is 618 g/mol. The van der Waals surface area contributed by atoms with Gasteiger partial charge in [-0.25, -0.2) is 4.99 Å². The Balaban J connectivity index is 1.24. The third-order valence-electron chi connectivity index (χ3n) is 8.43. The molecule has 0 saturated heterocycles. The van der Waals surface area contributed by atoms with E-state index in [2.05, 4.69) is 146 Å². The maximum atomic E-state index is 6.53. The maximum Gasteiger partial charge on any atom is 0.157 e. The summed E-state index contributed by atoms with van der Waals surface area (Å²) in [5.74, 6) is 1.02. The quantitative estimate of drug-likeness (QED) is 0.134. The van der Waals surface area contributed by atoms with Gasteiger partial charge in [0.15, 0.2) is 5.84 Å². The van der Waals surface area contributed by atoms with Crippen molar-refractivity contribution in [3.8, 4) is 44.5 Å². The zero-order valence-electron chi connectivity index (χ0n) is 26.6. The van der Waals surface area contributed by atoms with Crippen LogP contribution < -0.4 is 5.73 Å². The van der Waals surface area contributed by atoms with Crippen LogP contribution in [0.1, 0.15) is 16.7 Å². The Kier molecular flexibility index (Phi) is 9.11. The van der Waals surface area contributed by atoms with Crippen molar-refractivity contribution < 1.29 is 0 Å². The van der Waals surface area contributed by atoms with Crippen LogP contribution in [0.2, 0.25) is 0 Å². The van der Waals surface area contributed by atoms with Gasteiger partial charge in [0.1, 0.15) is 5.84 Å². The number of hydrogen-bond acceptors (Lipinski definition) is 1. The molecule has 7 aromatic carbocycles. The van der Waals surface area contributed by atoms with Crippen LogP contribution in [-0.4, -0.2) is 11.7 Å². The van der Waals surface area contributed by atoms with Crippen LogP contribution in [0.4, 0.5) is 0 Å². The smallest absolute Gasteiger partial charge is 0.157 e. The molecule has 7 rings (SSSR count). The average Bonchev–Trinajstić information content (AvgIpc) is 3.18. The summed E-state index contributed by atoms with van der Waals surface area (Å²) < 4.78 is 0. The van der Waals surface area contributed by atoms with Crippen LogP contribution in [0.5, 0.6) is 0 Å². The maximum absolute atomic E-state index is 6.53. The normalized spacial score (nSPS) is 11.8. The largest absolute Gasteiger partial charge is 0.383 e. The van der Waals surface area contributed by atoms with Gasteiger partial charge in [-0.1, -0.05) is 182 Å². The van der Waals surface area contributed by atoms with E-state index in [0.717, 1.165) is 22.3 Å². The molecule has 0 aromatic heterocycles. The third-order valence-corrected chi connectivity index (χ3v) is 8.43. The highest BCUT2D eigenvalue weighted by atomic mass is 15.0. The standard InChI is InChI=1S/C45H35N3/c46-44(39-19-11-4-12-20-39)48-45(47-32-33-21-23-36(24-22-33)34-13-5-1-6-14-34)40-27-25-38(26-28-40)43-31-41(35-15-7-2-8-16-35)29-30-42(43)37-17-9-3-10-18-37/h1-31H,32H2,(H2,46,47,48). The van der Waals surface area contributed by atoms with E-state index in [1.54, 1.807) is 0 Å². The van der Waals surface area contributed by atoms with Crippen molar-refractivity contribution in [3.05, 3.63) is 205 Å². The fraction of sp³-hybridized carbons (Fsp3) is 0.0222. The number of hydrogen-bond donors (Lipinski definition) is 1. The van der Waals surface area contributed by atoms with Crippen molar-refractivity contribution in [3.63, 3.8) is 0 Å². The number of nitrogens with zero attached hydrogens (tertiary/aromatic N) is 2. The fourth-order valence-electron chi connectivity index (χ4n) is 5.84. The molecule has 0 heterocycles. The minimum Gasteiger partial charge on any atom is -0.383 e. The number of aliphatic imine (C=N–C) groups is 2. The molecule has 230 valence electrons. The summed E-state index contributed by atoms with van der Waals surface area (Å²) in [7, 11) is 0. The molecule has 0 saturated carbocycles. The zero-order chi connectivity index (χ0) is 32.5. The molecule has 0 aliphatic heterocycles. The highest BCUT2D eigenvalue weighted by Crippen LogP contribution is 2.36. The molecular weight excluding hydrogens is 583 g/mol. The van der Waals surface area contributed by atoms with Crippen LogP contribution in [0.3, 0.4) is 0 Å². The van der Waals surface area contributed by atoms with Crippen molar-refractivity contribution in [2.24, 2.45) is 15.7 Å². The van der Waals surface area contributed by atoms with Gasteiger partial charge in [0.25, 0.3) is 0 Å². The predicted octanol–water partition coefficient (Wildman–Crippen LogP) is 10.7. The second kappa shape index (κ2) is 14.4. The first kappa shape index (κ1) is 30.3.